The molecule has 0 bridgehead atoms. The molecule has 6 nitrogen and oxygen atoms in total. The van der Waals surface area contributed by atoms with E-state index in [1.54, 1.807) is 30.3 Å². The molecule has 0 aliphatic carbocycles. The van der Waals surface area contributed by atoms with Gasteiger partial charge >= 0.3 is 0 Å². The number of methoxy groups -OCH3 is 2. The van der Waals surface area contributed by atoms with Gasteiger partial charge in [0, 0.05) is 16.7 Å². The lowest BCUT2D eigenvalue weighted by Crippen LogP contribution is -2.15. The van der Waals surface area contributed by atoms with Crippen molar-refractivity contribution in [2.45, 2.75) is 6.42 Å². The molecule has 0 saturated heterocycles. The first-order chi connectivity index (χ1) is 12.0. The van der Waals surface area contributed by atoms with Crippen molar-refractivity contribution in [2.24, 2.45) is 0 Å². The summed E-state index contributed by atoms with van der Waals surface area (Å²) >= 11 is 5.85. The quantitative estimate of drug-likeness (QED) is 0.799. The van der Waals surface area contributed by atoms with Crippen molar-refractivity contribution in [1.29, 1.82) is 5.26 Å². The Hall–Kier alpha value is -3.04. The number of amides is 1. The number of halogens is 1. The highest BCUT2D eigenvalue weighted by Gasteiger charge is 2.19. The molecule has 0 aliphatic heterocycles. The van der Waals surface area contributed by atoms with Gasteiger partial charge in [-0.25, -0.2) is 0 Å². The summed E-state index contributed by atoms with van der Waals surface area (Å²) in [6.07, 6.45) is -0.330. The molecule has 0 aromatic heterocycles. The number of hydrogen-bond donors (Lipinski definition) is 1. The van der Waals surface area contributed by atoms with Gasteiger partial charge in [-0.3, -0.25) is 9.59 Å². The van der Waals surface area contributed by atoms with Gasteiger partial charge in [0.1, 0.15) is 6.42 Å². The van der Waals surface area contributed by atoms with Crippen LogP contribution in [0.15, 0.2) is 36.4 Å². The summed E-state index contributed by atoms with van der Waals surface area (Å²) in [7, 11) is 2.89. The largest absolute Gasteiger partial charge is 0.493 e. The number of rotatable bonds is 6. The second-order valence-corrected chi connectivity index (χ2v) is 5.41. The number of ether oxygens (including phenoxy) is 2. The van der Waals surface area contributed by atoms with E-state index in [0.29, 0.717) is 22.1 Å². The summed E-state index contributed by atoms with van der Waals surface area (Å²) in [5.41, 5.74) is 0.844. The number of anilines is 1. The molecule has 0 radical (unpaired) electrons. The normalized spacial score (nSPS) is 9.84. The summed E-state index contributed by atoms with van der Waals surface area (Å²) in [5, 5.41) is 11.7. The van der Waals surface area contributed by atoms with Crippen molar-refractivity contribution in [2.75, 3.05) is 19.5 Å². The molecular weight excluding hydrogens is 344 g/mol. The van der Waals surface area contributed by atoms with Gasteiger partial charge in [0.25, 0.3) is 0 Å². The van der Waals surface area contributed by atoms with Gasteiger partial charge in [-0.15, -0.1) is 0 Å². The van der Waals surface area contributed by atoms with Crippen molar-refractivity contribution in [3.63, 3.8) is 0 Å². The summed E-state index contributed by atoms with van der Waals surface area (Å²) in [5.74, 6) is -0.162. The molecule has 7 heteroatoms. The van der Waals surface area contributed by atoms with Gasteiger partial charge in [-0.05, 0) is 30.3 Å². The van der Waals surface area contributed by atoms with E-state index in [1.165, 1.54) is 26.4 Å². The fourth-order valence-electron chi connectivity index (χ4n) is 2.19. The van der Waals surface area contributed by atoms with Crippen molar-refractivity contribution in [3.8, 4) is 17.6 Å². The maximum Gasteiger partial charge on any atom is 0.238 e. The van der Waals surface area contributed by atoms with E-state index in [9.17, 15) is 9.59 Å². The molecule has 128 valence electrons. The van der Waals surface area contributed by atoms with E-state index >= 15 is 0 Å². The minimum absolute atomic E-state index is 0.214. The Morgan fingerprint density at radius 2 is 1.72 bits per heavy atom. The lowest BCUT2D eigenvalue weighted by molar-refractivity contribution is -0.115. The molecule has 0 spiro atoms. The number of carbonyl (C=O) groups excluding carboxylic acids is 2. The number of carbonyl (C=O) groups is 2. The number of benzene rings is 2. The number of nitriles is 1. The maximum absolute atomic E-state index is 12.8. The van der Waals surface area contributed by atoms with Crippen molar-refractivity contribution in [1.82, 2.24) is 0 Å². The van der Waals surface area contributed by atoms with Crippen molar-refractivity contribution < 1.29 is 19.1 Å². The highest BCUT2D eigenvalue weighted by Crippen LogP contribution is 2.34. The van der Waals surface area contributed by atoms with Crippen molar-refractivity contribution in [3.05, 3.63) is 52.5 Å². The third-order valence-electron chi connectivity index (χ3n) is 3.39. The average molecular weight is 359 g/mol. The molecule has 0 heterocycles. The molecule has 2 aromatic carbocycles. The Morgan fingerprint density at radius 1 is 1.12 bits per heavy atom. The Morgan fingerprint density at radius 3 is 2.28 bits per heavy atom. The summed E-state index contributed by atoms with van der Waals surface area (Å²) < 4.78 is 10.4. The monoisotopic (exact) mass is 358 g/mol. The summed E-state index contributed by atoms with van der Waals surface area (Å²) in [4.78, 5) is 24.6. The first-order valence-corrected chi connectivity index (χ1v) is 7.61. The zero-order chi connectivity index (χ0) is 18.4. The fourth-order valence-corrected chi connectivity index (χ4v) is 2.32. The van der Waals surface area contributed by atoms with Crippen LogP contribution in [0, 0.1) is 11.3 Å². The zero-order valence-corrected chi connectivity index (χ0v) is 14.4. The first-order valence-electron chi connectivity index (χ1n) is 7.23. The number of ketones is 1. The van der Waals surface area contributed by atoms with Crippen LogP contribution >= 0.6 is 11.6 Å². The highest BCUT2D eigenvalue weighted by molar-refractivity contribution is 6.30. The van der Waals surface area contributed by atoms with E-state index in [1.807, 2.05) is 0 Å². The minimum atomic E-state index is -0.528. The van der Waals surface area contributed by atoms with E-state index in [4.69, 9.17) is 26.3 Å². The Kier molecular flexibility index (Phi) is 5.98. The van der Waals surface area contributed by atoms with E-state index in [0.717, 1.165) is 0 Å². The Labute approximate surface area is 149 Å². The van der Waals surface area contributed by atoms with Crippen LogP contribution in [-0.2, 0) is 4.79 Å². The number of hydrogen-bond acceptors (Lipinski definition) is 5. The second kappa shape index (κ2) is 8.18. The molecule has 0 atom stereocenters. The summed E-state index contributed by atoms with van der Waals surface area (Å²) in [6.45, 7) is 0. The predicted molar refractivity (Wildman–Crippen MR) is 93.3 cm³/mol. The maximum atomic E-state index is 12.8. The molecule has 25 heavy (non-hydrogen) atoms. The van der Waals surface area contributed by atoms with Gasteiger partial charge < -0.3 is 14.8 Å². The van der Waals surface area contributed by atoms with Gasteiger partial charge in [-0.1, -0.05) is 11.6 Å². The van der Waals surface area contributed by atoms with E-state index < -0.39 is 5.91 Å². The molecule has 0 unspecified atom stereocenters. The van der Waals surface area contributed by atoms with Crippen LogP contribution < -0.4 is 14.8 Å². The summed E-state index contributed by atoms with van der Waals surface area (Å²) in [6, 6.07) is 11.1. The molecule has 1 amide bonds. The lowest BCUT2D eigenvalue weighted by Gasteiger charge is -2.15. The van der Waals surface area contributed by atoms with Crippen LogP contribution in [0.25, 0.3) is 0 Å². The fraction of sp³-hybridized carbons (Fsp3) is 0.167. The van der Waals surface area contributed by atoms with Gasteiger partial charge in [0.05, 0.1) is 31.5 Å². The van der Waals surface area contributed by atoms with E-state index in [2.05, 4.69) is 5.32 Å². The third kappa shape index (κ3) is 4.28. The lowest BCUT2D eigenvalue weighted by atomic mass is 10.0. The molecule has 0 fully saturated rings. The number of nitrogens with one attached hydrogen (secondary N) is 1. The zero-order valence-electron chi connectivity index (χ0n) is 13.6. The predicted octanol–water partition coefficient (Wildman–Crippen LogP) is 3.44. The second-order valence-electron chi connectivity index (χ2n) is 4.97. The van der Waals surface area contributed by atoms with Gasteiger partial charge in [0.15, 0.2) is 17.3 Å². The van der Waals surface area contributed by atoms with Gasteiger partial charge in [0.2, 0.25) is 5.91 Å². The van der Waals surface area contributed by atoms with Crippen LogP contribution in [0.3, 0.4) is 0 Å². The molecule has 0 aliphatic rings. The highest BCUT2D eigenvalue weighted by atomic mass is 35.5. The molecule has 2 rings (SSSR count). The van der Waals surface area contributed by atoms with Crippen LogP contribution in [0.5, 0.6) is 11.5 Å². The standard InChI is InChI=1S/C18H15ClN2O4/c1-24-15-9-13(18(23)11-3-5-12(19)6-4-11)14(10-16(15)25-2)21-17(22)7-8-20/h3-6,9-10H,7H2,1-2H3,(H,21,22). The molecule has 1 N–H and O–H groups in total. The van der Waals surface area contributed by atoms with Crippen LogP contribution in [-0.4, -0.2) is 25.9 Å². The van der Waals surface area contributed by atoms with Crippen LogP contribution in [0.4, 0.5) is 5.69 Å². The van der Waals surface area contributed by atoms with Crippen molar-refractivity contribution >= 4 is 29.0 Å². The minimum Gasteiger partial charge on any atom is -0.493 e. The third-order valence-corrected chi connectivity index (χ3v) is 3.64. The van der Waals surface area contributed by atoms with Crippen LogP contribution in [0.2, 0.25) is 5.02 Å². The average Bonchev–Trinajstić information content (AvgIpc) is 2.61. The smallest absolute Gasteiger partial charge is 0.238 e. The molecule has 0 saturated carbocycles. The number of nitrogens with zero attached hydrogens (tertiary/aromatic N) is 1. The van der Waals surface area contributed by atoms with E-state index in [-0.39, 0.29) is 23.5 Å². The van der Waals surface area contributed by atoms with Gasteiger partial charge in [-0.2, -0.15) is 5.26 Å². The SMILES string of the molecule is COc1cc(NC(=O)CC#N)c(C(=O)c2ccc(Cl)cc2)cc1OC. The Balaban J connectivity index is 2.52. The first kappa shape index (κ1) is 18.3. The van der Waals surface area contributed by atoms with Crippen LogP contribution in [0.1, 0.15) is 22.3 Å². The topological polar surface area (TPSA) is 88.4 Å². The molecule has 2 aromatic rings. The Bertz CT molecular complexity index is 841. The molecular formula is C18H15ClN2O4.